The van der Waals surface area contributed by atoms with E-state index in [1.54, 1.807) is 6.07 Å². The molecule has 0 unspecified atom stereocenters. The number of nitrogens with one attached hydrogen (secondary N) is 1. The third-order valence-electron chi connectivity index (χ3n) is 3.07. The largest absolute Gasteiger partial charge is 0.416 e. The highest BCUT2D eigenvalue weighted by atomic mass is 35.5. The van der Waals surface area contributed by atoms with Crippen molar-refractivity contribution in [3.05, 3.63) is 62.1 Å². The summed E-state index contributed by atoms with van der Waals surface area (Å²) < 4.78 is 38.0. The fraction of sp³-hybridized carbons (Fsp3) is 0.133. The Labute approximate surface area is 159 Å². The van der Waals surface area contributed by atoms with Crippen LogP contribution in [0.4, 0.5) is 24.5 Å². The summed E-state index contributed by atoms with van der Waals surface area (Å²) >= 11 is 12.5. The highest BCUT2D eigenvalue weighted by Crippen LogP contribution is 2.36. The number of nitro groups is 1. The average Bonchev–Trinajstić information content (AvgIpc) is 2.56. The quantitative estimate of drug-likeness (QED) is 0.382. The zero-order valence-corrected chi connectivity index (χ0v) is 15.0. The maximum atomic E-state index is 12.7. The molecular weight excluding hydrogens is 416 g/mol. The number of thioether (sulfide) groups is 1. The molecule has 0 radical (unpaired) electrons. The molecule has 0 heterocycles. The minimum absolute atomic E-state index is 0.0599. The van der Waals surface area contributed by atoms with Crippen molar-refractivity contribution in [2.75, 3.05) is 11.1 Å². The van der Waals surface area contributed by atoms with Crippen LogP contribution in [0.5, 0.6) is 0 Å². The molecular formula is C15H9Cl2F3N2O3S. The number of carbonyl (C=O) groups excluding carboxylic acids is 1. The lowest BCUT2D eigenvalue weighted by Crippen LogP contribution is -2.14. The Hall–Kier alpha value is -1.97. The molecule has 138 valence electrons. The molecule has 0 saturated heterocycles. The lowest BCUT2D eigenvalue weighted by molar-refractivity contribution is -0.388. The molecule has 5 nitrogen and oxygen atoms in total. The first-order chi connectivity index (χ1) is 12.1. The Kier molecular flexibility index (Phi) is 6.38. The van der Waals surface area contributed by atoms with E-state index in [9.17, 15) is 28.1 Å². The van der Waals surface area contributed by atoms with Gasteiger partial charge in [-0.25, -0.2) is 0 Å². The van der Waals surface area contributed by atoms with Crippen LogP contribution in [0, 0.1) is 10.1 Å². The summed E-state index contributed by atoms with van der Waals surface area (Å²) in [4.78, 5) is 22.0. The molecule has 1 amide bonds. The molecule has 0 atom stereocenters. The molecule has 2 rings (SSSR count). The van der Waals surface area contributed by atoms with Gasteiger partial charge in [0.2, 0.25) is 5.91 Å². The van der Waals surface area contributed by atoms with Crippen molar-refractivity contribution in [1.29, 1.82) is 0 Å². The first kappa shape index (κ1) is 20.3. The Morgan fingerprint density at radius 1 is 1.23 bits per heavy atom. The van der Waals surface area contributed by atoms with Gasteiger partial charge in [-0.05, 0) is 24.3 Å². The number of nitro benzene ring substituents is 1. The predicted octanol–water partition coefficient (Wildman–Crippen LogP) is 5.65. The Morgan fingerprint density at radius 2 is 1.92 bits per heavy atom. The molecule has 0 spiro atoms. The van der Waals surface area contributed by atoms with Crippen molar-refractivity contribution in [1.82, 2.24) is 0 Å². The van der Waals surface area contributed by atoms with Crippen molar-refractivity contribution in [3.63, 3.8) is 0 Å². The summed E-state index contributed by atoms with van der Waals surface area (Å²) in [6.07, 6.45) is -4.70. The van der Waals surface area contributed by atoms with E-state index >= 15 is 0 Å². The Bertz CT molecular complexity index is 863. The van der Waals surface area contributed by atoms with Gasteiger partial charge in [0, 0.05) is 6.07 Å². The van der Waals surface area contributed by atoms with Crippen LogP contribution in [-0.4, -0.2) is 16.6 Å². The second-order valence-corrected chi connectivity index (χ2v) is 6.68. The summed E-state index contributed by atoms with van der Waals surface area (Å²) in [5.74, 6) is -0.817. The molecule has 0 fully saturated rings. The Balaban J connectivity index is 2.12. The monoisotopic (exact) mass is 424 g/mol. The van der Waals surface area contributed by atoms with Gasteiger partial charge in [-0.3, -0.25) is 14.9 Å². The molecule has 2 aromatic rings. The van der Waals surface area contributed by atoms with E-state index in [-0.39, 0.29) is 26.4 Å². The maximum absolute atomic E-state index is 12.7. The fourth-order valence-electron chi connectivity index (χ4n) is 1.89. The number of nitrogens with zero attached hydrogens (tertiary/aromatic N) is 1. The number of benzene rings is 2. The van der Waals surface area contributed by atoms with Crippen LogP contribution in [0.1, 0.15) is 5.56 Å². The Morgan fingerprint density at radius 3 is 2.54 bits per heavy atom. The number of rotatable bonds is 5. The average molecular weight is 425 g/mol. The van der Waals surface area contributed by atoms with Crippen molar-refractivity contribution < 1.29 is 22.9 Å². The topological polar surface area (TPSA) is 72.2 Å². The first-order valence-electron chi connectivity index (χ1n) is 6.82. The van der Waals surface area contributed by atoms with E-state index in [4.69, 9.17) is 23.2 Å². The lowest BCUT2D eigenvalue weighted by atomic mass is 10.2. The minimum atomic E-state index is -4.70. The van der Waals surface area contributed by atoms with E-state index in [0.29, 0.717) is 6.07 Å². The number of carbonyl (C=O) groups is 1. The van der Waals surface area contributed by atoms with Gasteiger partial charge in [-0.1, -0.05) is 29.3 Å². The standard InChI is InChI=1S/C15H9Cl2F3N2O3S/c16-9-2-1-3-10(14(9)17)21-13(23)7-26-12-5-4-8(15(18,19)20)6-11(12)22(24)25/h1-6H,7H2,(H,21,23). The molecule has 26 heavy (non-hydrogen) atoms. The number of hydrogen-bond acceptors (Lipinski definition) is 4. The third-order valence-corrected chi connectivity index (χ3v) is 4.95. The molecule has 0 aliphatic rings. The van der Waals surface area contributed by atoms with Crippen LogP contribution in [-0.2, 0) is 11.0 Å². The van der Waals surface area contributed by atoms with E-state index < -0.39 is 28.3 Å². The summed E-state index contributed by atoms with van der Waals surface area (Å²) in [6, 6.07) is 6.73. The van der Waals surface area contributed by atoms with Crippen molar-refractivity contribution >= 4 is 52.2 Å². The zero-order chi connectivity index (χ0) is 19.5. The van der Waals surface area contributed by atoms with Gasteiger partial charge in [0.1, 0.15) is 0 Å². The van der Waals surface area contributed by atoms with E-state index in [1.165, 1.54) is 12.1 Å². The molecule has 1 N–H and O–H groups in total. The SMILES string of the molecule is O=C(CSc1ccc(C(F)(F)F)cc1[N+](=O)[O-])Nc1cccc(Cl)c1Cl. The van der Waals surface area contributed by atoms with E-state index in [1.807, 2.05) is 0 Å². The van der Waals surface area contributed by atoms with Gasteiger partial charge in [0.05, 0.1) is 36.9 Å². The van der Waals surface area contributed by atoms with Crippen LogP contribution in [0.2, 0.25) is 10.0 Å². The van der Waals surface area contributed by atoms with Crippen molar-refractivity contribution in [2.45, 2.75) is 11.1 Å². The van der Waals surface area contributed by atoms with Gasteiger partial charge < -0.3 is 5.32 Å². The third kappa shape index (κ3) is 5.03. The molecule has 11 heteroatoms. The number of hydrogen-bond donors (Lipinski definition) is 1. The van der Waals surface area contributed by atoms with Crippen LogP contribution < -0.4 is 5.32 Å². The smallest absolute Gasteiger partial charge is 0.324 e. The van der Waals surface area contributed by atoms with Crippen LogP contribution in [0.15, 0.2) is 41.3 Å². The van der Waals surface area contributed by atoms with Gasteiger partial charge in [0.15, 0.2) is 0 Å². The molecule has 0 saturated carbocycles. The van der Waals surface area contributed by atoms with Gasteiger partial charge in [0.25, 0.3) is 5.69 Å². The number of amides is 1. The normalized spacial score (nSPS) is 11.3. The molecule has 0 bridgehead atoms. The summed E-state index contributed by atoms with van der Waals surface area (Å²) in [5, 5.41) is 13.9. The molecule has 0 aliphatic carbocycles. The highest BCUT2D eigenvalue weighted by Gasteiger charge is 2.33. The van der Waals surface area contributed by atoms with Gasteiger partial charge in [-0.2, -0.15) is 13.2 Å². The first-order valence-corrected chi connectivity index (χ1v) is 8.56. The zero-order valence-electron chi connectivity index (χ0n) is 12.6. The number of halogens is 5. The predicted molar refractivity (Wildman–Crippen MR) is 93.9 cm³/mol. The lowest BCUT2D eigenvalue weighted by Gasteiger charge is -2.10. The molecule has 0 aromatic heterocycles. The minimum Gasteiger partial charge on any atom is -0.324 e. The second-order valence-electron chi connectivity index (χ2n) is 4.88. The van der Waals surface area contributed by atoms with Crippen LogP contribution in [0.3, 0.4) is 0 Å². The van der Waals surface area contributed by atoms with Crippen molar-refractivity contribution in [3.8, 4) is 0 Å². The van der Waals surface area contributed by atoms with E-state index in [2.05, 4.69) is 5.32 Å². The highest BCUT2D eigenvalue weighted by molar-refractivity contribution is 8.00. The maximum Gasteiger partial charge on any atom is 0.416 e. The summed E-state index contributed by atoms with van der Waals surface area (Å²) in [6.45, 7) is 0. The number of anilines is 1. The van der Waals surface area contributed by atoms with Crippen molar-refractivity contribution in [2.24, 2.45) is 0 Å². The second kappa shape index (κ2) is 8.15. The van der Waals surface area contributed by atoms with Crippen LogP contribution in [0.25, 0.3) is 0 Å². The molecule has 0 aliphatic heterocycles. The summed E-state index contributed by atoms with van der Waals surface area (Å²) in [5.41, 5.74) is -1.60. The summed E-state index contributed by atoms with van der Waals surface area (Å²) in [7, 11) is 0. The van der Waals surface area contributed by atoms with Crippen LogP contribution >= 0.6 is 35.0 Å². The fourth-order valence-corrected chi connectivity index (χ4v) is 3.04. The van der Waals surface area contributed by atoms with E-state index in [0.717, 1.165) is 23.9 Å². The number of alkyl halides is 3. The van der Waals surface area contributed by atoms with Gasteiger partial charge >= 0.3 is 6.18 Å². The van der Waals surface area contributed by atoms with Gasteiger partial charge in [-0.15, -0.1) is 11.8 Å². The molecule has 2 aromatic carbocycles.